The minimum absolute atomic E-state index is 0.232. The molecule has 3 aromatic carbocycles. The first-order valence-electron chi connectivity index (χ1n) is 22.7. The number of H-pyrrole nitrogens is 2. The van der Waals surface area contributed by atoms with Gasteiger partial charge in [-0.05, 0) is 94.6 Å². The van der Waals surface area contributed by atoms with Gasteiger partial charge in [-0.3, -0.25) is 0 Å². The molecule has 332 valence electrons. The Morgan fingerprint density at radius 2 is 0.783 bits per heavy atom. The van der Waals surface area contributed by atoms with Gasteiger partial charge >= 0.3 is 0 Å². The molecule has 10 nitrogen and oxygen atoms in total. The van der Waals surface area contributed by atoms with Crippen molar-refractivity contribution in [1.29, 1.82) is 0 Å². The molecule has 0 amide bonds. The Morgan fingerprint density at radius 1 is 0.420 bits per heavy atom. The van der Waals surface area contributed by atoms with Crippen molar-refractivity contribution >= 4 is 67.3 Å². The highest BCUT2D eigenvalue weighted by molar-refractivity contribution is 7.90. The zero-order valence-electron chi connectivity index (χ0n) is 38.0. The molecule has 12 rings (SSSR count). The van der Waals surface area contributed by atoms with Crippen molar-refractivity contribution < 1.29 is 22.1 Å². The number of hydrogen-bond donors (Lipinski definition) is 2. The second kappa shape index (κ2) is 16.5. The Balaban J connectivity index is 1.13. The minimum Gasteiger partial charge on any atom is -0.354 e. The van der Waals surface area contributed by atoms with Crippen LogP contribution in [0.1, 0.15) is 22.8 Å². The fraction of sp³-hybridized carbons (Fsp3) is 0.0517. The lowest BCUT2D eigenvalue weighted by atomic mass is 9.99. The summed E-state index contributed by atoms with van der Waals surface area (Å²) in [4.78, 5) is 18.9. The standard InChI is InChI=1S/C58H44N8O2S/c1-63-31-25-40(26-32-63)56-48-19-17-46(59-48)55(39-15-13-38(14-16-39)45-37-66(54-12-8-7-11-44(45)54)69(67,68)43-9-5-4-6-10-43)47-18-20-49(60-47)57(41-27-33-64(2)34-28-41)51-22-24-53(62-51)58(52-23-21-50(56)61-52)42-29-35-65(3)36-30-42/h4-37H,1-3H3,(H,59,60,61,62)/q+2/p+1. The number of benzene rings is 3. The number of hydrogen-bond acceptors (Lipinski definition) is 4. The summed E-state index contributed by atoms with van der Waals surface area (Å²) in [6, 6.07) is 45.8. The van der Waals surface area contributed by atoms with E-state index < -0.39 is 10.0 Å². The molecule has 2 N–H and O–H groups in total. The quantitative estimate of drug-likeness (QED) is 0.155. The largest absolute Gasteiger partial charge is 0.354 e. The van der Waals surface area contributed by atoms with Gasteiger partial charge in [-0.1, -0.05) is 60.7 Å². The molecule has 0 saturated carbocycles. The van der Waals surface area contributed by atoms with Crippen molar-refractivity contribution in [3.05, 3.63) is 206 Å². The number of aromatic nitrogens is 8. The first-order valence-corrected chi connectivity index (χ1v) is 24.2. The number of rotatable bonds is 7. The third-order valence-electron chi connectivity index (χ3n) is 13.0. The Hall–Kier alpha value is -8.80. The van der Waals surface area contributed by atoms with Gasteiger partial charge in [0.05, 0.1) is 33.2 Å². The van der Waals surface area contributed by atoms with Crippen LogP contribution >= 0.6 is 0 Å². The average molecular weight is 918 g/mol. The van der Waals surface area contributed by atoms with Gasteiger partial charge in [-0.25, -0.2) is 36.1 Å². The molecular formula is C58H45N8O2S+3. The van der Waals surface area contributed by atoms with Crippen LogP contribution in [0.2, 0.25) is 0 Å². The van der Waals surface area contributed by atoms with Gasteiger partial charge in [0.25, 0.3) is 10.0 Å². The van der Waals surface area contributed by atoms with E-state index in [1.807, 2.05) is 65.2 Å². The molecular weight excluding hydrogens is 873 g/mol. The van der Waals surface area contributed by atoms with Crippen LogP contribution in [0, 0.1) is 0 Å². The molecule has 0 aliphatic carbocycles. The maximum atomic E-state index is 14.0. The number of aromatic amines is 2. The van der Waals surface area contributed by atoms with E-state index in [-0.39, 0.29) is 4.90 Å². The average Bonchev–Trinajstić information content (AvgIpc) is 4.25. The van der Waals surface area contributed by atoms with Crippen LogP contribution in [0.3, 0.4) is 0 Å². The van der Waals surface area contributed by atoms with Crippen molar-refractivity contribution in [2.24, 2.45) is 21.1 Å². The monoisotopic (exact) mass is 917 g/mol. The summed E-state index contributed by atoms with van der Waals surface area (Å²) in [6.07, 6.45) is 22.5. The van der Waals surface area contributed by atoms with Crippen molar-refractivity contribution in [2.45, 2.75) is 4.90 Å². The fourth-order valence-electron chi connectivity index (χ4n) is 9.52. The van der Waals surface area contributed by atoms with Crippen molar-refractivity contribution in [3.8, 4) is 55.6 Å². The predicted molar refractivity (Wildman–Crippen MR) is 274 cm³/mol. The van der Waals surface area contributed by atoms with Crippen LogP contribution < -0.4 is 13.7 Å². The van der Waals surface area contributed by atoms with Crippen LogP contribution in [-0.4, -0.2) is 32.3 Å². The smallest absolute Gasteiger partial charge is 0.268 e. The molecule has 10 aromatic rings. The van der Waals surface area contributed by atoms with Crippen LogP contribution in [-0.2, 0) is 31.2 Å². The Labute approximate surface area is 398 Å². The van der Waals surface area contributed by atoms with E-state index in [9.17, 15) is 8.42 Å². The minimum atomic E-state index is -3.86. The Kier molecular flexibility index (Phi) is 9.96. The summed E-state index contributed by atoms with van der Waals surface area (Å²) >= 11 is 0. The zero-order valence-corrected chi connectivity index (χ0v) is 38.9. The van der Waals surface area contributed by atoms with E-state index in [2.05, 4.69) is 156 Å². The molecule has 11 heteroatoms. The molecule has 0 unspecified atom stereocenters. The lowest BCUT2D eigenvalue weighted by Gasteiger charge is -2.08. The fourth-order valence-corrected chi connectivity index (χ4v) is 10.9. The van der Waals surface area contributed by atoms with E-state index in [4.69, 9.17) is 9.97 Å². The van der Waals surface area contributed by atoms with E-state index in [1.54, 1.807) is 30.5 Å². The first kappa shape index (κ1) is 41.6. The van der Waals surface area contributed by atoms with E-state index in [0.29, 0.717) is 5.52 Å². The van der Waals surface area contributed by atoms with E-state index in [0.717, 1.165) is 106 Å². The summed E-state index contributed by atoms with van der Waals surface area (Å²) in [6.45, 7) is 0. The zero-order chi connectivity index (χ0) is 46.8. The van der Waals surface area contributed by atoms with Gasteiger partial charge in [0, 0.05) is 97.9 Å². The molecule has 69 heavy (non-hydrogen) atoms. The highest BCUT2D eigenvalue weighted by Crippen LogP contribution is 2.40. The molecule has 0 atom stereocenters. The van der Waals surface area contributed by atoms with E-state index >= 15 is 0 Å². The molecule has 0 spiro atoms. The van der Waals surface area contributed by atoms with Gasteiger partial charge in [0.15, 0.2) is 37.2 Å². The van der Waals surface area contributed by atoms with Gasteiger partial charge in [0.1, 0.15) is 21.1 Å². The van der Waals surface area contributed by atoms with Crippen molar-refractivity contribution in [2.75, 3.05) is 0 Å². The number of pyridine rings is 3. The van der Waals surface area contributed by atoms with Crippen LogP contribution in [0.25, 0.3) is 113 Å². The number of para-hydroxylation sites is 1. The normalized spacial score (nSPS) is 12.3. The first-order chi connectivity index (χ1) is 33.7. The molecule has 9 heterocycles. The Bertz CT molecular complexity index is 3970. The Morgan fingerprint density at radius 3 is 1.20 bits per heavy atom. The molecule has 0 fully saturated rings. The summed E-state index contributed by atoms with van der Waals surface area (Å²) in [7, 11) is 2.19. The molecule has 8 bridgehead atoms. The van der Waals surface area contributed by atoms with Crippen LogP contribution in [0.4, 0.5) is 0 Å². The van der Waals surface area contributed by atoms with Gasteiger partial charge in [-0.15, -0.1) is 0 Å². The molecule has 0 saturated heterocycles. The van der Waals surface area contributed by atoms with Gasteiger partial charge in [0.2, 0.25) is 0 Å². The maximum Gasteiger partial charge on any atom is 0.268 e. The van der Waals surface area contributed by atoms with Crippen molar-refractivity contribution in [3.63, 3.8) is 0 Å². The number of fused-ring (bicyclic) bond motifs is 9. The summed E-state index contributed by atoms with van der Waals surface area (Å²) in [5, 5.41) is 0.841. The highest BCUT2D eigenvalue weighted by Gasteiger charge is 2.23. The van der Waals surface area contributed by atoms with Gasteiger partial charge in [-0.2, -0.15) is 0 Å². The maximum absolute atomic E-state index is 14.0. The molecule has 2 aliphatic rings. The molecule has 0 radical (unpaired) electrons. The summed E-state index contributed by atoms with van der Waals surface area (Å²) in [5.41, 5.74) is 17.1. The number of aryl methyl sites for hydroxylation is 3. The summed E-state index contributed by atoms with van der Waals surface area (Å²) < 4.78 is 35.6. The lowest BCUT2D eigenvalue weighted by molar-refractivity contribution is -0.671. The topological polar surface area (TPSA) is 108 Å². The molecule has 7 aromatic heterocycles. The highest BCUT2D eigenvalue weighted by atomic mass is 32.2. The third kappa shape index (κ3) is 7.36. The predicted octanol–water partition coefficient (Wildman–Crippen LogP) is 10.7. The second-order valence-electron chi connectivity index (χ2n) is 17.5. The van der Waals surface area contributed by atoms with Crippen molar-refractivity contribution in [1.82, 2.24) is 23.9 Å². The lowest BCUT2D eigenvalue weighted by Crippen LogP contribution is -2.25. The summed E-state index contributed by atoms with van der Waals surface area (Å²) in [5.74, 6) is 0. The third-order valence-corrected chi connectivity index (χ3v) is 14.7. The second-order valence-corrected chi connectivity index (χ2v) is 19.3. The van der Waals surface area contributed by atoms with Gasteiger partial charge < -0.3 is 9.97 Å². The SMILES string of the molecule is C[n+]1ccc(-c2c3nc(c(-c4cc[n+](C)cc4)c4ccc([nH]4)c(-c4cc[n+](C)cc4)c4nc(c(-c5ccc(-c6cn(S(=O)(=O)c7ccccc7)c7ccccc67)cc5)c5ccc2[nH]5)C=C4)C=C3)cc1. The van der Waals surface area contributed by atoms with Crippen LogP contribution in [0.15, 0.2) is 188 Å². The van der Waals surface area contributed by atoms with Crippen LogP contribution in [0.5, 0.6) is 0 Å². The van der Waals surface area contributed by atoms with E-state index in [1.165, 1.54) is 3.97 Å². The number of nitrogens with one attached hydrogen (secondary N) is 2. The molecule has 2 aliphatic heterocycles. The number of nitrogens with zero attached hydrogens (tertiary/aromatic N) is 6.